The van der Waals surface area contributed by atoms with Crippen LogP contribution in [0.3, 0.4) is 0 Å². The van der Waals surface area contributed by atoms with Gasteiger partial charge in [-0.2, -0.15) is 0 Å². The molecule has 11 heteroatoms. The molecule has 2 aromatic rings. The maximum atomic E-state index is 12.6. The fraction of sp³-hybridized carbons (Fsp3) is 0.381. The van der Waals surface area contributed by atoms with Gasteiger partial charge in [0.1, 0.15) is 5.75 Å². The van der Waals surface area contributed by atoms with Gasteiger partial charge in [0.25, 0.3) is 0 Å². The van der Waals surface area contributed by atoms with Crippen LogP contribution in [0.15, 0.2) is 58.3 Å². The summed E-state index contributed by atoms with van der Waals surface area (Å²) in [5, 5.41) is 7.87. The number of methoxy groups -OCH3 is 1. The van der Waals surface area contributed by atoms with E-state index < -0.39 is 19.9 Å². The highest BCUT2D eigenvalue weighted by Gasteiger charge is 2.26. The minimum atomic E-state index is -3.78. The monoisotopic (exact) mass is 481 g/mol. The molecule has 0 radical (unpaired) electrons. The van der Waals surface area contributed by atoms with Gasteiger partial charge in [0, 0.05) is 18.2 Å². The van der Waals surface area contributed by atoms with E-state index in [9.17, 15) is 21.6 Å². The van der Waals surface area contributed by atoms with Crippen LogP contribution < -0.4 is 15.2 Å². The molecule has 0 bridgehead atoms. The summed E-state index contributed by atoms with van der Waals surface area (Å²) in [6.45, 7) is 1.63. The summed E-state index contributed by atoms with van der Waals surface area (Å²) in [6, 6.07) is 12.1. The van der Waals surface area contributed by atoms with Gasteiger partial charge in [0.15, 0.2) is 9.84 Å². The van der Waals surface area contributed by atoms with E-state index in [4.69, 9.17) is 9.88 Å². The minimum Gasteiger partial charge on any atom is -0.497 e. The van der Waals surface area contributed by atoms with Gasteiger partial charge in [-0.15, -0.1) is 0 Å². The molecule has 9 nitrogen and oxygen atoms in total. The number of hydrogen-bond donors (Lipinski definition) is 2. The summed E-state index contributed by atoms with van der Waals surface area (Å²) < 4.78 is 52.9. The van der Waals surface area contributed by atoms with E-state index in [1.807, 2.05) is 4.90 Å². The number of nitrogens with two attached hydrogens (primary N) is 1. The predicted octanol–water partition coefficient (Wildman–Crippen LogP) is 1.47. The molecule has 1 fully saturated rings. The summed E-state index contributed by atoms with van der Waals surface area (Å²) in [4.78, 5) is 14.8. The lowest BCUT2D eigenvalue weighted by molar-refractivity contribution is -0.121. The Hall–Kier alpha value is -2.47. The summed E-state index contributed by atoms with van der Waals surface area (Å²) in [6.07, 6.45) is 1.22. The van der Waals surface area contributed by atoms with Crippen LogP contribution in [0.1, 0.15) is 12.8 Å². The predicted molar refractivity (Wildman–Crippen MR) is 121 cm³/mol. The number of nitrogens with zero attached hydrogens (tertiary/aromatic N) is 1. The van der Waals surface area contributed by atoms with Crippen LogP contribution in [0.4, 0.5) is 5.69 Å². The molecular weight excluding hydrogens is 454 g/mol. The van der Waals surface area contributed by atoms with Gasteiger partial charge in [-0.05, 0) is 68.4 Å². The smallest absolute Gasteiger partial charge is 0.238 e. The molecular formula is C21H27N3O6S2. The molecule has 3 rings (SSSR count). The number of nitrogens with one attached hydrogen (secondary N) is 1. The number of anilines is 1. The van der Waals surface area contributed by atoms with Crippen LogP contribution in [0.25, 0.3) is 0 Å². The second kappa shape index (κ2) is 9.99. The fourth-order valence-electron chi connectivity index (χ4n) is 3.55. The minimum absolute atomic E-state index is 0.00652. The van der Waals surface area contributed by atoms with Gasteiger partial charge in [-0.1, -0.05) is 6.07 Å². The molecule has 1 saturated heterocycles. The van der Waals surface area contributed by atoms with Crippen molar-refractivity contribution >= 4 is 31.5 Å². The largest absolute Gasteiger partial charge is 0.497 e. The third kappa shape index (κ3) is 6.28. The number of ether oxygens (including phenoxy) is 1. The zero-order valence-corrected chi connectivity index (χ0v) is 19.4. The first-order valence-corrected chi connectivity index (χ1v) is 13.3. The van der Waals surface area contributed by atoms with E-state index in [1.165, 1.54) is 37.4 Å². The van der Waals surface area contributed by atoms with Gasteiger partial charge in [0.2, 0.25) is 15.9 Å². The molecule has 1 aliphatic heterocycles. The lowest BCUT2D eigenvalue weighted by Gasteiger charge is -2.31. The topological polar surface area (TPSA) is 136 Å². The SMILES string of the molecule is COc1cccc(S(=O)(=O)CCN2CCC(C(=O)Nc3ccc(S(N)(=O)=O)cc3)CC2)c1. The number of rotatable bonds is 8. The molecule has 1 heterocycles. The van der Waals surface area contributed by atoms with E-state index in [0.29, 0.717) is 43.9 Å². The molecule has 0 aromatic heterocycles. The lowest BCUT2D eigenvalue weighted by atomic mass is 9.96. The third-order valence-electron chi connectivity index (χ3n) is 5.49. The maximum Gasteiger partial charge on any atom is 0.238 e. The Morgan fingerprint density at radius 1 is 1.06 bits per heavy atom. The Labute approximate surface area is 188 Å². The van der Waals surface area contributed by atoms with Crippen LogP contribution in [-0.2, 0) is 24.7 Å². The van der Waals surface area contributed by atoms with Crippen molar-refractivity contribution in [3.8, 4) is 5.75 Å². The molecule has 0 spiro atoms. The normalized spacial score (nSPS) is 15.9. The first-order valence-electron chi connectivity index (χ1n) is 10.1. The number of piperidine rings is 1. The van der Waals surface area contributed by atoms with Gasteiger partial charge in [0.05, 0.1) is 22.7 Å². The highest BCUT2D eigenvalue weighted by molar-refractivity contribution is 7.91. The lowest BCUT2D eigenvalue weighted by Crippen LogP contribution is -2.40. The number of hydrogen-bond acceptors (Lipinski definition) is 7. The first kappa shape index (κ1) is 24.2. The quantitative estimate of drug-likeness (QED) is 0.583. The number of carbonyl (C=O) groups is 1. The molecule has 1 amide bonds. The molecule has 0 saturated carbocycles. The fourth-order valence-corrected chi connectivity index (χ4v) is 5.38. The van der Waals surface area contributed by atoms with Crippen molar-refractivity contribution in [3.05, 3.63) is 48.5 Å². The van der Waals surface area contributed by atoms with Crippen molar-refractivity contribution in [2.45, 2.75) is 22.6 Å². The highest BCUT2D eigenvalue weighted by Crippen LogP contribution is 2.22. The second-order valence-corrected chi connectivity index (χ2v) is 11.3. The number of sulfonamides is 1. The van der Waals surface area contributed by atoms with Crippen LogP contribution >= 0.6 is 0 Å². The third-order valence-corrected chi connectivity index (χ3v) is 8.11. The molecule has 2 aromatic carbocycles. The number of sulfone groups is 1. The van der Waals surface area contributed by atoms with E-state index in [-0.39, 0.29) is 27.4 Å². The van der Waals surface area contributed by atoms with Gasteiger partial charge in [-0.3, -0.25) is 4.79 Å². The molecule has 3 N–H and O–H groups in total. The molecule has 1 aliphatic rings. The summed E-state index contributed by atoms with van der Waals surface area (Å²) in [5.41, 5.74) is 0.495. The standard InChI is InChI=1S/C21H27N3O6S2/c1-30-18-3-2-4-20(15-18)31(26,27)14-13-24-11-9-16(10-12-24)21(25)23-17-5-7-19(8-6-17)32(22,28)29/h2-8,15-16H,9-14H2,1H3,(H,23,25)(H2,22,28,29). The van der Waals surface area contributed by atoms with Crippen LogP contribution in [0, 0.1) is 5.92 Å². The Kier molecular flexibility index (Phi) is 7.55. The Balaban J connectivity index is 1.48. The Morgan fingerprint density at radius 2 is 1.72 bits per heavy atom. The number of amides is 1. The second-order valence-electron chi connectivity index (χ2n) is 7.67. The van der Waals surface area contributed by atoms with Crippen molar-refractivity contribution < 1.29 is 26.4 Å². The Bertz CT molecular complexity index is 1160. The molecule has 32 heavy (non-hydrogen) atoms. The number of primary sulfonamides is 1. The number of likely N-dealkylation sites (tertiary alicyclic amines) is 1. The molecule has 0 aliphatic carbocycles. The van der Waals surface area contributed by atoms with Gasteiger partial charge in [-0.25, -0.2) is 22.0 Å². The van der Waals surface area contributed by atoms with Crippen molar-refractivity contribution in [2.75, 3.05) is 37.8 Å². The maximum absolute atomic E-state index is 12.6. The molecule has 174 valence electrons. The van der Waals surface area contributed by atoms with E-state index >= 15 is 0 Å². The van der Waals surface area contributed by atoms with E-state index in [2.05, 4.69) is 5.32 Å². The molecule has 0 atom stereocenters. The van der Waals surface area contributed by atoms with Crippen molar-refractivity contribution in [1.29, 1.82) is 0 Å². The summed E-state index contributed by atoms with van der Waals surface area (Å²) >= 11 is 0. The number of carbonyl (C=O) groups excluding carboxylic acids is 1. The van der Waals surface area contributed by atoms with Crippen LogP contribution in [0.2, 0.25) is 0 Å². The van der Waals surface area contributed by atoms with Crippen molar-refractivity contribution in [2.24, 2.45) is 11.1 Å². The van der Waals surface area contributed by atoms with Crippen molar-refractivity contribution in [3.63, 3.8) is 0 Å². The van der Waals surface area contributed by atoms with E-state index in [0.717, 1.165) is 0 Å². The Morgan fingerprint density at radius 3 is 2.31 bits per heavy atom. The van der Waals surface area contributed by atoms with Crippen molar-refractivity contribution in [1.82, 2.24) is 4.90 Å². The van der Waals surface area contributed by atoms with Gasteiger partial charge >= 0.3 is 0 Å². The highest BCUT2D eigenvalue weighted by atomic mass is 32.2. The average molecular weight is 482 g/mol. The number of benzene rings is 2. The average Bonchev–Trinajstić information content (AvgIpc) is 2.78. The molecule has 0 unspecified atom stereocenters. The first-order chi connectivity index (χ1) is 15.1. The van der Waals surface area contributed by atoms with Gasteiger partial charge < -0.3 is 15.0 Å². The van der Waals surface area contributed by atoms with Crippen LogP contribution in [-0.4, -0.2) is 60.1 Å². The zero-order chi connectivity index (χ0) is 23.4. The van der Waals surface area contributed by atoms with E-state index in [1.54, 1.807) is 18.2 Å². The summed E-state index contributed by atoms with van der Waals surface area (Å²) in [5.74, 6) is 0.154. The summed E-state index contributed by atoms with van der Waals surface area (Å²) in [7, 11) is -5.72. The van der Waals surface area contributed by atoms with Crippen LogP contribution in [0.5, 0.6) is 5.75 Å². The zero-order valence-electron chi connectivity index (χ0n) is 17.7.